The highest BCUT2D eigenvalue weighted by Crippen LogP contribution is 2.19. The van der Waals surface area contributed by atoms with Gasteiger partial charge in [0.1, 0.15) is 11.6 Å². The number of unbranched alkanes of at least 4 members (excludes halogenated alkanes) is 1. The number of carbonyl (C=O) groups is 1. The molecule has 0 aliphatic rings. The summed E-state index contributed by atoms with van der Waals surface area (Å²) in [6.45, 7) is 5.20. The van der Waals surface area contributed by atoms with Gasteiger partial charge in [0.25, 0.3) is 5.91 Å². The smallest absolute Gasteiger partial charge is 0.258 e. The van der Waals surface area contributed by atoms with E-state index < -0.39 is 0 Å². The number of benzene rings is 2. The number of rotatable bonds is 7. The van der Waals surface area contributed by atoms with Crippen molar-refractivity contribution < 1.29 is 13.9 Å². The minimum absolute atomic E-state index is 0.112. The van der Waals surface area contributed by atoms with Crippen molar-refractivity contribution in [3.63, 3.8) is 0 Å². The summed E-state index contributed by atoms with van der Waals surface area (Å²) in [5.74, 6) is 0.338. The molecule has 0 aromatic heterocycles. The fourth-order valence-electron chi connectivity index (χ4n) is 2.25. The minimum atomic E-state index is -0.314. The van der Waals surface area contributed by atoms with Gasteiger partial charge in [-0.2, -0.15) is 0 Å². The van der Waals surface area contributed by atoms with Crippen LogP contribution in [0.2, 0.25) is 0 Å². The maximum atomic E-state index is 13.0. The third-order valence-corrected chi connectivity index (χ3v) is 3.57. The average molecular weight is 315 g/mol. The van der Waals surface area contributed by atoms with E-state index in [1.54, 1.807) is 41.3 Å². The van der Waals surface area contributed by atoms with Gasteiger partial charge < -0.3 is 9.64 Å². The van der Waals surface area contributed by atoms with Crippen molar-refractivity contribution in [3.8, 4) is 5.75 Å². The van der Waals surface area contributed by atoms with Crippen molar-refractivity contribution in [3.05, 3.63) is 59.9 Å². The van der Waals surface area contributed by atoms with Gasteiger partial charge in [0, 0.05) is 17.8 Å². The summed E-state index contributed by atoms with van der Waals surface area (Å²) < 4.78 is 18.6. The van der Waals surface area contributed by atoms with Gasteiger partial charge in [-0.1, -0.05) is 13.3 Å². The Morgan fingerprint density at radius 2 is 1.70 bits per heavy atom. The Bertz CT molecular complexity index is 623. The molecular formula is C19H22FNO2. The Balaban J connectivity index is 2.09. The third kappa shape index (κ3) is 4.55. The number of anilines is 1. The van der Waals surface area contributed by atoms with Crippen LogP contribution in [-0.2, 0) is 0 Å². The molecule has 23 heavy (non-hydrogen) atoms. The molecule has 0 aliphatic heterocycles. The van der Waals surface area contributed by atoms with Gasteiger partial charge in [-0.05, 0) is 61.9 Å². The lowest BCUT2D eigenvalue weighted by Gasteiger charge is -2.21. The first-order valence-electron chi connectivity index (χ1n) is 7.96. The molecule has 0 saturated carbocycles. The molecule has 0 unspecified atom stereocenters. The Hall–Kier alpha value is -2.36. The minimum Gasteiger partial charge on any atom is -0.494 e. The molecule has 0 heterocycles. The van der Waals surface area contributed by atoms with Crippen molar-refractivity contribution in [1.82, 2.24) is 0 Å². The Morgan fingerprint density at radius 3 is 2.26 bits per heavy atom. The summed E-state index contributed by atoms with van der Waals surface area (Å²) in [6.07, 6.45) is 2.09. The maximum absolute atomic E-state index is 13.0. The summed E-state index contributed by atoms with van der Waals surface area (Å²) >= 11 is 0. The zero-order valence-corrected chi connectivity index (χ0v) is 13.6. The fourth-order valence-corrected chi connectivity index (χ4v) is 2.25. The number of hydrogen-bond acceptors (Lipinski definition) is 2. The summed E-state index contributed by atoms with van der Waals surface area (Å²) in [5.41, 5.74) is 1.26. The highest BCUT2D eigenvalue weighted by atomic mass is 19.1. The molecule has 0 atom stereocenters. The van der Waals surface area contributed by atoms with Crippen molar-refractivity contribution in [2.45, 2.75) is 26.7 Å². The Morgan fingerprint density at radius 1 is 1.04 bits per heavy atom. The first kappa shape index (κ1) is 17.0. The largest absolute Gasteiger partial charge is 0.494 e. The second kappa shape index (κ2) is 8.32. The zero-order valence-electron chi connectivity index (χ0n) is 13.6. The van der Waals surface area contributed by atoms with Gasteiger partial charge in [0.2, 0.25) is 0 Å². The lowest BCUT2D eigenvalue weighted by molar-refractivity contribution is 0.0988. The molecule has 0 spiro atoms. The van der Waals surface area contributed by atoms with E-state index in [9.17, 15) is 9.18 Å². The highest BCUT2D eigenvalue weighted by Gasteiger charge is 2.16. The maximum Gasteiger partial charge on any atom is 0.258 e. The SMILES string of the molecule is CCCCOc1ccc(C(=O)N(CC)c2ccc(F)cc2)cc1. The van der Waals surface area contributed by atoms with Crippen LogP contribution < -0.4 is 9.64 Å². The van der Waals surface area contributed by atoms with E-state index in [2.05, 4.69) is 6.92 Å². The molecule has 0 fully saturated rings. The molecule has 4 heteroatoms. The van der Waals surface area contributed by atoms with Crippen LogP contribution in [-0.4, -0.2) is 19.1 Å². The highest BCUT2D eigenvalue weighted by molar-refractivity contribution is 6.06. The number of amides is 1. The monoisotopic (exact) mass is 315 g/mol. The molecule has 1 amide bonds. The van der Waals surface area contributed by atoms with Gasteiger partial charge in [-0.25, -0.2) is 4.39 Å². The van der Waals surface area contributed by atoms with Crippen LogP contribution in [0.15, 0.2) is 48.5 Å². The molecule has 0 radical (unpaired) electrons. The summed E-state index contributed by atoms with van der Waals surface area (Å²) in [5, 5.41) is 0. The molecule has 2 aromatic carbocycles. The standard InChI is InChI=1S/C19H22FNO2/c1-3-5-14-23-18-12-6-15(7-13-18)19(22)21(4-2)17-10-8-16(20)9-11-17/h6-13H,3-5,14H2,1-2H3. The van der Waals surface area contributed by atoms with Crippen LogP contribution in [0.25, 0.3) is 0 Å². The molecule has 3 nitrogen and oxygen atoms in total. The molecule has 0 N–H and O–H groups in total. The van der Waals surface area contributed by atoms with Crippen LogP contribution in [0.5, 0.6) is 5.75 Å². The van der Waals surface area contributed by atoms with Gasteiger partial charge in [-0.15, -0.1) is 0 Å². The third-order valence-electron chi connectivity index (χ3n) is 3.57. The lowest BCUT2D eigenvalue weighted by Crippen LogP contribution is -2.30. The topological polar surface area (TPSA) is 29.5 Å². The van der Waals surface area contributed by atoms with Crippen LogP contribution in [0, 0.1) is 5.82 Å². The Labute approximate surface area is 136 Å². The molecule has 2 aromatic rings. The van der Waals surface area contributed by atoms with E-state index in [0.717, 1.165) is 18.6 Å². The molecule has 0 bridgehead atoms. The van der Waals surface area contributed by atoms with Gasteiger partial charge >= 0.3 is 0 Å². The molecule has 2 rings (SSSR count). The van der Waals surface area contributed by atoms with E-state index in [1.165, 1.54) is 12.1 Å². The fraction of sp³-hybridized carbons (Fsp3) is 0.316. The summed E-state index contributed by atoms with van der Waals surface area (Å²) in [4.78, 5) is 14.2. The zero-order chi connectivity index (χ0) is 16.7. The number of carbonyl (C=O) groups excluding carboxylic acids is 1. The number of nitrogens with zero attached hydrogens (tertiary/aromatic N) is 1. The van der Waals surface area contributed by atoms with E-state index >= 15 is 0 Å². The second-order valence-corrected chi connectivity index (χ2v) is 5.25. The van der Waals surface area contributed by atoms with E-state index in [1.807, 2.05) is 6.92 Å². The second-order valence-electron chi connectivity index (χ2n) is 5.25. The summed E-state index contributed by atoms with van der Waals surface area (Å²) in [7, 11) is 0. The molecule has 0 aliphatic carbocycles. The van der Waals surface area contributed by atoms with E-state index in [0.29, 0.717) is 24.4 Å². The predicted octanol–water partition coefficient (Wildman–Crippen LogP) is 4.67. The van der Waals surface area contributed by atoms with Crippen LogP contribution in [0.1, 0.15) is 37.0 Å². The first-order chi connectivity index (χ1) is 11.2. The van der Waals surface area contributed by atoms with Crippen molar-refractivity contribution >= 4 is 11.6 Å². The summed E-state index contributed by atoms with van der Waals surface area (Å²) in [6, 6.07) is 13.1. The molecule has 0 saturated heterocycles. The predicted molar refractivity (Wildman–Crippen MR) is 90.6 cm³/mol. The Kier molecular flexibility index (Phi) is 6.15. The quantitative estimate of drug-likeness (QED) is 0.695. The lowest BCUT2D eigenvalue weighted by atomic mass is 10.1. The van der Waals surface area contributed by atoms with Crippen LogP contribution >= 0.6 is 0 Å². The van der Waals surface area contributed by atoms with Crippen molar-refractivity contribution in [2.24, 2.45) is 0 Å². The van der Waals surface area contributed by atoms with Crippen molar-refractivity contribution in [2.75, 3.05) is 18.1 Å². The van der Waals surface area contributed by atoms with E-state index in [4.69, 9.17) is 4.74 Å². The molecular weight excluding hydrogens is 293 g/mol. The average Bonchev–Trinajstić information content (AvgIpc) is 2.58. The normalized spacial score (nSPS) is 10.4. The first-order valence-corrected chi connectivity index (χ1v) is 7.96. The van der Waals surface area contributed by atoms with Gasteiger partial charge in [-0.3, -0.25) is 4.79 Å². The molecule has 122 valence electrons. The number of halogens is 1. The number of ether oxygens (including phenoxy) is 1. The van der Waals surface area contributed by atoms with Crippen LogP contribution in [0.4, 0.5) is 10.1 Å². The number of hydrogen-bond donors (Lipinski definition) is 0. The van der Waals surface area contributed by atoms with Crippen molar-refractivity contribution in [1.29, 1.82) is 0 Å². The van der Waals surface area contributed by atoms with Gasteiger partial charge in [0.05, 0.1) is 6.61 Å². The van der Waals surface area contributed by atoms with Gasteiger partial charge in [0.15, 0.2) is 0 Å². The van der Waals surface area contributed by atoms with E-state index in [-0.39, 0.29) is 11.7 Å². The van der Waals surface area contributed by atoms with Crippen LogP contribution in [0.3, 0.4) is 0 Å².